The van der Waals surface area contributed by atoms with E-state index in [1.165, 1.54) is 6.92 Å². The Morgan fingerprint density at radius 3 is 2.94 bits per heavy atom. The maximum absolute atomic E-state index is 11.9. The molecule has 2 rings (SSSR count). The third kappa shape index (κ3) is 2.61. The summed E-state index contributed by atoms with van der Waals surface area (Å²) in [6, 6.07) is 7.23. The van der Waals surface area contributed by atoms with E-state index in [0.29, 0.717) is 18.7 Å². The van der Waals surface area contributed by atoms with Crippen LogP contribution in [-0.2, 0) is 9.59 Å². The fraction of sp³-hybridized carbons (Fsp3) is 0.385. The second-order valence-corrected chi connectivity index (χ2v) is 4.31. The summed E-state index contributed by atoms with van der Waals surface area (Å²) in [5.74, 6) is 0.616. The number of rotatable bonds is 3. The van der Waals surface area contributed by atoms with E-state index in [9.17, 15) is 9.59 Å². The van der Waals surface area contributed by atoms with Gasteiger partial charge >= 0.3 is 0 Å². The molecule has 0 aromatic heterocycles. The molecule has 1 N–H and O–H groups in total. The molecule has 1 fully saturated rings. The summed E-state index contributed by atoms with van der Waals surface area (Å²) < 4.78 is 5.13. The predicted molar refractivity (Wildman–Crippen MR) is 67.6 cm³/mol. The Hall–Kier alpha value is -2.04. The molecule has 0 radical (unpaired) electrons. The molecule has 1 aromatic carbocycles. The molecule has 0 spiro atoms. The number of methoxy groups -OCH3 is 1. The molecule has 2 amide bonds. The molecule has 5 heteroatoms. The largest absolute Gasteiger partial charge is 0.497 e. The lowest BCUT2D eigenvalue weighted by Crippen LogP contribution is -2.35. The first-order valence-electron chi connectivity index (χ1n) is 5.81. The van der Waals surface area contributed by atoms with E-state index in [0.717, 1.165) is 5.69 Å². The molecule has 1 atom stereocenters. The fourth-order valence-corrected chi connectivity index (χ4v) is 2.12. The van der Waals surface area contributed by atoms with Crippen molar-refractivity contribution in [3.8, 4) is 5.75 Å². The van der Waals surface area contributed by atoms with Crippen molar-refractivity contribution < 1.29 is 14.3 Å². The van der Waals surface area contributed by atoms with Crippen molar-refractivity contribution in [1.82, 2.24) is 5.32 Å². The van der Waals surface area contributed by atoms with Gasteiger partial charge in [-0.2, -0.15) is 0 Å². The minimum Gasteiger partial charge on any atom is -0.497 e. The van der Waals surface area contributed by atoms with Crippen molar-refractivity contribution in [3.63, 3.8) is 0 Å². The first-order valence-corrected chi connectivity index (χ1v) is 5.81. The molecular formula is C13H16N2O3. The van der Waals surface area contributed by atoms with Gasteiger partial charge in [0.25, 0.3) is 0 Å². The molecule has 0 bridgehead atoms. The third-order valence-electron chi connectivity index (χ3n) is 2.90. The van der Waals surface area contributed by atoms with Crippen molar-refractivity contribution in [2.75, 3.05) is 18.6 Å². The summed E-state index contributed by atoms with van der Waals surface area (Å²) in [5, 5.41) is 2.77. The molecule has 1 unspecified atom stereocenters. The van der Waals surface area contributed by atoms with Crippen LogP contribution in [0.4, 0.5) is 5.69 Å². The van der Waals surface area contributed by atoms with Gasteiger partial charge in [0.1, 0.15) is 5.75 Å². The summed E-state index contributed by atoms with van der Waals surface area (Å²) in [6.45, 7) is 1.96. The van der Waals surface area contributed by atoms with E-state index in [1.807, 2.05) is 24.3 Å². The number of benzene rings is 1. The number of nitrogens with zero attached hydrogens (tertiary/aromatic N) is 1. The molecule has 1 saturated heterocycles. The van der Waals surface area contributed by atoms with Crippen molar-refractivity contribution in [2.24, 2.45) is 0 Å². The zero-order valence-corrected chi connectivity index (χ0v) is 10.5. The van der Waals surface area contributed by atoms with Crippen LogP contribution in [0.5, 0.6) is 5.75 Å². The van der Waals surface area contributed by atoms with Crippen LogP contribution in [0, 0.1) is 0 Å². The summed E-state index contributed by atoms with van der Waals surface area (Å²) in [4.78, 5) is 24.6. The number of carbonyl (C=O) groups excluding carboxylic acids is 2. The highest BCUT2D eigenvalue weighted by Crippen LogP contribution is 2.25. The normalized spacial score (nSPS) is 18.9. The van der Waals surface area contributed by atoms with E-state index in [-0.39, 0.29) is 17.9 Å². The Labute approximate surface area is 106 Å². The Balaban J connectivity index is 2.13. The van der Waals surface area contributed by atoms with Gasteiger partial charge < -0.3 is 15.0 Å². The molecule has 1 aliphatic heterocycles. The SMILES string of the molecule is COc1cccc(N2CC(NC(C)=O)CC2=O)c1. The molecular weight excluding hydrogens is 232 g/mol. The molecule has 1 heterocycles. The van der Waals surface area contributed by atoms with Gasteiger partial charge in [0.05, 0.1) is 13.2 Å². The molecule has 96 valence electrons. The maximum Gasteiger partial charge on any atom is 0.229 e. The van der Waals surface area contributed by atoms with Crippen molar-refractivity contribution in [2.45, 2.75) is 19.4 Å². The highest BCUT2D eigenvalue weighted by atomic mass is 16.5. The van der Waals surface area contributed by atoms with Crippen LogP contribution in [-0.4, -0.2) is 31.5 Å². The smallest absolute Gasteiger partial charge is 0.229 e. The van der Waals surface area contributed by atoms with Gasteiger partial charge in [0.15, 0.2) is 0 Å². The number of carbonyl (C=O) groups is 2. The Morgan fingerprint density at radius 2 is 2.28 bits per heavy atom. The lowest BCUT2D eigenvalue weighted by molar-refractivity contribution is -0.119. The zero-order chi connectivity index (χ0) is 13.1. The maximum atomic E-state index is 11.9. The lowest BCUT2D eigenvalue weighted by Gasteiger charge is -2.17. The topological polar surface area (TPSA) is 58.6 Å². The number of ether oxygens (including phenoxy) is 1. The summed E-state index contributed by atoms with van der Waals surface area (Å²) in [7, 11) is 1.59. The van der Waals surface area contributed by atoms with Crippen molar-refractivity contribution in [3.05, 3.63) is 24.3 Å². The molecule has 18 heavy (non-hydrogen) atoms. The van der Waals surface area contributed by atoms with Gasteiger partial charge in [0, 0.05) is 31.6 Å². The first-order chi connectivity index (χ1) is 8.60. The molecule has 1 aromatic rings. The minimum atomic E-state index is -0.111. The van der Waals surface area contributed by atoms with Crippen molar-refractivity contribution >= 4 is 17.5 Å². The number of nitrogens with one attached hydrogen (secondary N) is 1. The Kier molecular flexibility index (Phi) is 3.50. The van der Waals surface area contributed by atoms with E-state index >= 15 is 0 Å². The average Bonchev–Trinajstić information content (AvgIpc) is 2.69. The third-order valence-corrected chi connectivity index (χ3v) is 2.90. The number of amides is 2. The highest BCUT2D eigenvalue weighted by molar-refractivity contribution is 5.96. The first kappa shape index (κ1) is 12.4. The Morgan fingerprint density at radius 1 is 1.50 bits per heavy atom. The highest BCUT2D eigenvalue weighted by Gasteiger charge is 2.31. The second kappa shape index (κ2) is 5.08. The van der Waals surface area contributed by atoms with E-state index in [1.54, 1.807) is 12.0 Å². The van der Waals surface area contributed by atoms with Gasteiger partial charge in [-0.05, 0) is 12.1 Å². The second-order valence-electron chi connectivity index (χ2n) is 4.31. The van der Waals surface area contributed by atoms with Crippen LogP contribution < -0.4 is 15.0 Å². The lowest BCUT2D eigenvalue weighted by atomic mass is 10.2. The Bertz CT molecular complexity index is 473. The van der Waals surface area contributed by atoms with Gasteiger partial charge in [-0.3, -0.25) is 9.59 Å². The minimum absolute atomic E-state index is 0.0157. The van der Waals surface area contributed by atoms with Crippen LogP contribution in [0.1, 0.15) is 13.3 Å². The number of anilines is 1. The van der Waals surface area contributed by atoms with Gasteiger partial charge in [-0.15, -0.1) is 0 Å². The van der Waals surface area contributed by atoms with Crippen LogP contribution in [0.25, 0.3) is 0 Å². The average molecular weight is 248 g/mol. The van der Waals surface area contributed by atoms with Crippen LogP contribution >= 0.6 is 0 Å². The predicted octanol–water partition coefficient (Wildman–Crippen LogP) is 0.937. The molecule has 1 aliphatic rings. The van der Waals surface area contributed by atoms with Gasteiger partial charge in [0.2, 0.25) is 11.8 Å². The standard InChI is InChI=1S/C13H16N2O3/c1-9(16)14-10-6-13(17)15(8-10)11-4-3-5-12(7-11)18-2/h3-5,7,10H,6,8H2,1-2H3,(H,14,16). The van der Waals surface area contributed by atoms with Gasteiger partial charge in [-0.1, -0.05) is 6.07 Å². The van der Waals surface area contributed by atoms with E-state index in [4.69, 9.17) is 4.74 Å². The zero-order valence-electron chi connectivity index (χ0n) is 10.5. The molecule has 0 aliphatic carbocycles. The summed E-state index contributed by atoms with van der Waals surface area (Å²) in [6.07, 6.45) is 0.344. The van der Waals surface area contributed by atoms with E-state index in [2.05, 4.69) is 5.32 Å². The quantitative estimate of drug-likeness (QED) is 0.866. The fourth-order valence-electron chi connectivity index (χ4n) is 2.12. The van der Waals surface area contributed by atoms with Crippen molar-refractivity contribution in [1.29, 1.82) is 0 Å². The number of hydrogen-bond acceptors (Lipinski definition) is 3. The van der Waals surface area contributed by atoms with E-state index < -0.39 is 0 Å². The molecule has 0 saturated carbocycles. The monoisotopic (exact) mass is 248 g/mol. The van der Waals surface area contributed by atoms with Crippen LogP contribution in [0.15, 0.2) is 24.3 Å². The van der Waals surface area contributed by atoms with Crippen LogP contribution in [0.3, 0.4) is 0 Å². The summed E-state index contributed by atoms with van der Waals surface area (Å²) >= 11 is 0. The number of hydrogen-bond donors (Lipinski definition) is 1. The summed E-state index contributed by atoms with van der Waals surface area (Å²) in [5.41, 5.74) is 0.798. The van der Waals surface area contributed by atoms with Crippen LogP contribution in [0.2, 0.25) is 0 Å². The van der Waals surface area contributed by atoms with Gasteiger partial charge in [-0.25, -0.2) is 0 Å². The molecule has 5 nitrogen and oxygen atoms in total.